The van der Waals surface area contributed by atoms with Crippen molar-refractivity contribution in [2.24, 2.45) is 0 Å². The number of rotatable bonds is 2. The van der Waals surface area contributed by atoms with Gasteiger partial charge in [-0.05, 0) is 0 Å². The van der Waals surface area contributed by atoms with Crippen molar-refractivity contribution < 1.29 is 4.42 Å². The van der Waals surface area contributed by atoms with Crippen LogP contribution >= 0.6 is 0 Å². The predicted octanol–water partition coefficient (Wildman–Crippen LogP) is 1.33. The molecular weight excluding hydrogens is 180 g/mol. The second-order valence-corrected chi connectivity index (χ2v) is 3.16. The first-order chi connectivity index (χ1) is 6.74. The average molecular weight is 192 g/mol. The van der Waals surface area contributed by atoms with Crippen LogP contribution in [0.15, 0.2) is 16.9 Å². The van der Waals surface area contributed by atoms with Gasteiger partial charge in [-0.2, -0.15) is 0 Å². The smallest absolute Gasteiger partial charge is 0.221 e. The van der Waals surface area contributed by atoms with Crippen molar-refractivity contribution >= 4 is 22.7 Å². The van der Waals surface area contributed by atoms with Crippen molar-refractivity contribution in [3.05, 3.63) is 12.5 Å². The third-order valence-corrected chi connectivity index (χ3v) is 1.99. The molecule has 0 radical (unpaired) electrons. The highest BCUT2D eigenvalue weighted by molar-refractivity contribution is 5.93. The SMILES string of the molecule is CNc1c(N(C)C)oc2cncnc12. The zero-order chi connectivity index (χ0) is 10.1. The molecule has 74 valence electrons. The van der Waals surface area contributed by atoms with E-state index in [0.29, 0.717) is 5.58 Å². The Balaban J connectivity index is 2.72. The Bertz CT molecular complexity index is 449. The Morgan fingerprint density at radius 3 is 2.86 bits per heavy atom. The van der Waals surface area contributed by atoms with E-state index in [2.05, 4.69) is 15.3 Å². The van der Waals surface area contributed by atoms with Crippen LogP contribution in [0.2, 0.25) is 0 Å². The monoisotopic (exact) mass is 192 g/mol. The quantitative estimate of drug-likeness (QED) is 0.778. The summed E-state index contributed by atoms with van der Waals surface area (Å²) in [6.45, 7) is 0. The number of hydrogen-bond donors (Lipinski definition) is 1. The molecule has 0 atom stereocenters. The molecule has 0 amide bonds. The highest BCUT2D eigenvalue weighted by Crippen LogP contribution is 2.34. The standard InChI is InChI=1S/C9H12N4O/c1-10-8-7-6(4-11-5-12-7)14-9(8)13(2)3/h4-5,10H,1-3H3. The van der Waals surface area contributed by atoms with Gasteiger partial charge in [-0.15, -0.1) is 0 Å². The number of nitrogens with zero attached hydrogens (tertiary/aromatic N) is 3. The largest absolute Gasteiger partial charge is 0.435 e. The Kier molecular flexibility index (Phi) is 1.99. The third kappa shape index (κ3) is 1.17. The van der Waals surface area contributed by atoms with Crippen molar-refractivity contribution in [2.45, 2.75) is 0 Å². The molecule has 5 nitrogen and oxygen atoms in total. The molecule has 0 bridgehead atoms. The molecule has 2 heterocycles. The highest BCUT2D eigenvalue weighted by Gasteiger charge is 2.15. The Hall–Kier alpha value is -1.78. The summed E-state index contributed by atoms with van der Waals surface area (Å²) in [5.41, 5.74) is 2.40. The number of anilines is 2. The second-order valence-electron chi connectivity index (χ2n) is 3.16. The van der Waals surface area contributed by atoms with E-state index in [9.17, 15) is 0 Å². The van der Waals surface area contributed by atoms with E-state index >= 15 is 0 Å². The lowest BCUT2D eigenvalue weighted by molar-refractivity contribution is 0.609. The minimum Gasteiger partial charge on any atom is -0.435 e. The molecule has 0 aromatic carbocycles. The first-order valence-electron chi connectivity index (χ1n) is 4.31. The Morgan fingerprint density at radius 2 is 2.21 bits per heavy atom. The third-order valence-electron chi connectivity index (χ3n) is 1.99. The molecule has 2 aromatic rings. The van der Waals surface area contributed by atoms with Gasteiger partial charge >= 0.3 is 0 Å². The van der Waals surface area contributed by atoms with Gasteiger partial charge in [0.25, 0.3) is 0 Å². The van der Waals surface area contributed by atoms with Crippen LogP contribution in [0, 0.1) is 0 Å². The molecule has 2 rings (SSSR count). The maximum Gasteiger partial charge on any atom is 0.221 e. The molecule has 0 fully saturated rings. The molecule has 14 heavy (non-hydrogen) atoms. The molecule has 0 spiro atoms. The topological polar surface area (TPSA) is 54.2 Å². The van der Waals surface area contributed by atoms with Crippen molar-refractivity contribution in [1.29, 1.82) is 0 Å². The summed E-state index contributed by atoms with van der Waals surface area (Å²) in [6, 6.07) is 0. The van der Waals surface area contributed by atoms with Gasteiger partial charge in [0.2, 0.25) is 5.88 Å². The summed E-state index contributed by atoms with van der Waals surface area (Å²) < 4.78 is 5.59. The van der Waals surface area contributed by atoms with Crippen LogP contribution in [-0.2, 0) is 0 Å². The zero-order valence-electron chi connectivity index (χ0n) is 8.40. The Labute approximate surface area is 81.8 Å². The number of furan rings is 1. The summed E-state index contributed by atoms with van der Waals surface area (Å²) >= 11 is 0. The summed E-state index contributed by atoms with van der Waals surface area (Å²) in [6.07, 6.45) is 3.17. The van der Waals surface area contributed by atoms with Crippen molar-refractivity contribution in [2.75, 3.05) is 31.4 Å². The first-order valence-corrected chi connectivity index (χ1v) is 4.31. The average Bonchev–Trinajstić information content (AvgIpc) is 2.56. The zero-order valence-corrected chi connectivity index (χ0v) is 8.40. The molecule has 0 aliphatic carbocycles. The normalized spacial score (nSPS) is 10.5. The van der Waals surface area contributed by atoms with Crippen LogP contribution in [0.4, 0.5) is 11.6 Å². The van der Waals surface area contributed by atoms with Gasteiger partial charge in [0.05, 0.1) is 6.20 Å². The lowest BCUT2D eigenvalue weighted by Gasteiger charge is -2.09. The van der Waals surface area contributed by atoms with Crippen molar-refractivity contribution in [3.63, 3.8) is 0 Å². The fraction of sp³-hybridized carbons (Fsp3) is 0.333. The van der Waals surface area contributed by atoms with E-state index in [-0.39, 0.29) is 0 Å². The van der Waals surface area contributed by atoms with E-state index in [1.54, 1.807) is 6.20 Å². The number of aromatic nitrogens is 2. The summed E-state index contributed by atoms with van der Waals surface area (Å²) in [7, 11) is 5.69. The predicted molar refractivity (Wildman–Crippen MR) is 55.7 cm³/mol. The van der Waals surface area contributed by atoms with Crippen molar-refractivity contribution in [1.82, 2.24) is 9.97 Å². The maximum absolute atomic E-state index is 5.59. The van der Waals surface area contributed by atoms with Gasteiger partial charge in [-0.25, -0.2) is 9.97 Å². The van der Waals surface area contributed by atoms with Crippen molar-refractivity contribution in [3.8, 4) is 0 Å². The molecule has 5 heteroatoms. The van der Waals surface area contributed by atoms with Crippen LogP contribution in [0.3, 0.4) is 0 Å². The molecule has 0 aliphatic rings. The molecule has 0 aliphatic heterocycles. The molecule has 0 unspecified atom stereocenters. The van der Waals surface area contributed by atoms with Crippen LogP contribution < -0.4 is 10.2 Å². The number of hydrogen-bond acceptors (Lipinski definition) is 5. The van der Waals surface area contributed by atoms with Crippen LogP contribution in [-0.4, -0.2) is 31.1 Å². The van der Waals surface area contributed by atoms with E-state index < -0.39 is 0 Å². The second kappa shape index (κ2) is 3.17. The van der Waals surface area contributed by atoms with Crippen LogP contribution in [0.5, 0.6) is 0 Å². The van der Waals surface area contributed by atoms with Gasteiger partial charge in [-0.1, -0.05) is 0 Å². The van der Waals surface area contributed by atoms with E-state index in [1.165, 1.54) is 6.33 Å². The van der Waals surface area contributed by atoms with Gasteiger partial charge < -0.3 is 14.6 Å². The molecule has 2 aromatic heterocycles. The summed E-state index contributed by atoms with van der Waals surface area (Å²) in [5.74, 6) is 0.767. The first kappa shape index (κ1) is 8.80. The van der Waals surface area contributed by atoms with Gasteiger partial charge in [0.1, 0.15) is 17.5 Å². The molecule has 1 N–H and O–H groups in total. The fourth-order valence-corrected chi connectivity index (χ4v) is 1.38. The minimum absolute atomic E-state index is 0.695. The lowest BCUT2D eigenvalue weighted by Crippen LogP contribution is -2.09. The van der Waals surface area contributed by atoms with E-state index in [4.69, 9.17) is 4.42 Å². The molecular formula is C9H12N4O. The Morgan fingerprint density at radius 1 is 1.43 bits per heavy atom. The van der Waals surface area contributed by atoms with Crippen LogP contribution in [0.25, 0.3) is 11.1 Å². The highest BCUT2D eigenvalue weighted by atomic mass is 16.4. The van der Waals surface area contributed by atoms with Gasteiger partial charge in [-0.3, -0.25) is 0 Å². The fourth-order valence-electron chi connectivity index (χ4n) is 1.38. The summed E-state index contributed by atoms with van der Waals surface area (Å²) in [4.78, 5) is 9.97. The minimum atomic E-state index is 0.695. The summed E-state index contributed by atoms with van der Waals surface area (Å²) in [5, 5.41) is 3.07. The maximum atomic E-state index is 5.59. The lowest BCUT2D eigenvalue weighted by atomic mass is 10.4. The molecule has 0 saturated carbocycles. The number of fused-ring (bicyclic) bond motifs is 1. The van der Waals surface area contributed by atoms with Crippen LogP contribution in [0.1, 0.15) is 0 Å². The van der Waals surface area contributed by atoms with Gasteiger partial charge in [0, 0.05) is 21.1 Å². The molecule has 0 saturated heterocycles. The van der Waals surface area contributed by atoms with Gasteiger partial charge in [0.15, 0.2) is 5.58 Å². The van der Waals surface area contributed by atoms with E-state index in [1.807, 2.05) is 26.0 Å². The van der Waals surface area contributed by atoms with E-state index in [0.717, 1.165) is 17.1 Å². The number of nitrogens with one attached hydrogen (secondary N) is 1.